The Kier molecular flexibility index (Phi) is 3.60. The maximum Gasteiger partial charge on any atom is 0.150 e. The summed E-state index contributed by atoms with van der Waals surface area (Å²) in [5, 5.41) is 4.41. The minimum absolute atomic E-state index is 0.0251. The number of aromatic nitrogens is 2. The average Bonchev–Trinajstić information content (AvgIpc) is 2.97. The fourth-order valence-electron chi connectivity index (χ4n) is 2.58. The standard InChI is InChI=1S/C15H19N3O2/c1-19-14-6-5-11(10-12(14)16)13-7-8-17-18(13)15-4-2-3-9-20-15/h5-8,10,15H,2-4,9,16H2,1H3. The van der Waals surface area contributed by atoms with Gasteiger partial charge in [-0.05, 0) is 43.5 Å². The van der Waals surface area contributed by atoms with Gasteiger partial charge in [0.25, 0.3) is 0 Å². The lowest BCUT2D eigenvalue weighted by atomic mass is 10.1. The van der Waals surface area contributed by atoms with Crippen LogP contribution in [0.3, 0.4) is 0 Å². The van der Waals surface area contributed by atoms with Gasteiger partial charge in [0.1, 0.15) is 5.75 Å². The molecular formula is C15H19N3O2. The molecule has 5 nitrogen and oxygen atoms in total. The van der Waals surface area contributed by atoms with E-state index in [2.05, 4.69) is 5.10 Å². The number of benzene rings is 1. The predicted octanol–water partition coefficient (Wildman–Crippen LogP) is 2.84. The molecule has 2 aromatic rings. The summed E-state index contributed by atoms with van der Waals surface area (Å²) >= 11 is 0. The van der Waals surface area contributed by atoms with Crippen molar-refractivity contribution in [2.45, 2.75) is 25.5 Å². The lowest BCUT2D eigenvalue weighted by Gasteiger charge is -2.24. The molecule has 1 fully saturated rings. The van der Waals surface area contributed by atoms with Crippen molar-refractivity contribution in [1.82, 2.24) is 9.78 Å². The first-order valence-corrected chi connectivity index (χ1v) is 6.88. The molecule has 5 heteroatoms. The molecule has 20 heavy (non-hydrogen) atoms. The average molecular weight is 273 g/mol. The Balaban J connectivity index is 1.94. The second kappa shape index (κ2) is 5.54. The Hall–Kier alpha value is -2.01. The van der Waals surface area contributed by atoms with Gasteiger partial charge in [-0.25, -0.2) is 4.68 Å². The maximum atomic E-state index is 5.98. The molecule has 1 unspecified atom stereocenters. The van der Waals surface area contributed by atoms with Gasteiger partial charge < -0.3 is 15.2 Å². The van der Waals surface area contributed by atoms with Crippen LogP contribution >= 0.6 is 0 Å². The molecule has 1 aromatic heterocycles. The summed E-state index contributed by atoms with van der Waals surface area (Å²) in [6.45, 7) is 0.800. The minimum atomic E-state index is 0.0251. The lowest BCUT2D eigenvalue weighted by molar-refractivity contribution is -0.0383. The molecule has 2 heterocycles. The second-order valence-electron chi connectivity index (χ2n) is 4.94. The van der Waals surface area contributed by atoms with Crippen molar-refractivity contribution >= 4 is 5.69 Å². The van der Waals surface area contributed by atoms with E-state index in [0.717, 1.165) is 30.7 Å². The topological polar surface area (TPSA) is 62.3 Å². The van der Waals surface area contributed by atoms with Crippen molar-refractivity contribution in [3.05, 3.63) is 30.5 Å². The first-order chi connectivity index (χ1) is 9.79. The summed E-state index contributed by atoms with van der Waals surface area (Å²) in [4.78, 5) is 0. The fourth-order valence-corrected chi connectivity index (χ4v) is 2.58. The van der Waals surface area contributed by atoms with E-state index in [1.807, 2.05) is 28.9 Å². The molecule has 0 bridgehead atoms. The molecule has 1 aliphatic heterocycles. The van der Waals surface area contributed by atoms with Crippen LogP contribution in [0.25, 0.3) is 11.3 Å². The van der Waals surface area contributed by atoms with Crippen molar-refractivity contribution in [2.24, 2.45) is 0 Å². The van der Waals surface area contributed by atoms with Gasteiger partial charge in [0.2, 0.25) is 0 Å². The van der Waals surface area contributed by atoms with Crippen LogP contribution in [-0.2, 0) is 4.74 Å². The van der Waals surface area contributed by atoms with Crippen LogP contribution in [-0.4, -0.2) is 23.5 Å². The van der Waals surface area contributed by atoms with Crippen LogP contribution in [0.4, 0.5) is 5.69 Å². The summed E-state index contributed by atoms with van der Waals surface area (Å²) in [6.07, 6.45) is 5.13. The monoisotopic (exact) mass is 273 g/mol. The number of methoxy groups -OCH3 is 1. The number of hydrogen-bond donors (Lipinski definition) is 1. The molecule has 2 N–H and O–H groups in total. The molecule has 1 atom stereocenters. The molecule has 1 saturated heterocycles. The highest BCUT2D eigenvalue weighted by Gasteiger charge is 2.19. The first-order valence-electron chi connectivity index (χ1n) is 6.88. The normalized spacial score (nSPS) is 18.9. The van der Waals surface area contributed by atoms with E-state index < -0.39 is 0 Å². The van der Waals surface area contributed by atoms with E-state index in [4.69, 9.17) is 15.2 Å². The lowest BCUT2D eigenvalue weighted by Crippen LogP contribution is -2.19. The Bertz CT molecular complexity index is 589. The highest BCUT2D eigenvalue weighted by atomic mass is 16.5. The van der Waals surface area contributed by atoms with Gasteiger partial charge >= 0.3 is 0 Å². The largest absolute Gasteiger partial charge is 0.495 e. The highest BCUT2D eigenvalue weighted by Crippen LogP contribution is 2.31. The number of rotatable bonds is 3. The van der Waals surface area contributed by atoms with E-state index in [1.165, 1.54) is 6.42 Å². The zero-order valence-corrected chi connectivity index (χ0v) is 11.6. The minimum Gasteiger partial charge on any atom is -0.495 e. The highest BCUT2D eigenvalue weighted by molar-refractivity contribution is 5.68. The van der Waals surface area contributed by atoms with E-state index in [-0.39, 0.29) is 6.23 Å². The first kappa shape index (κ1) is 13.0. The van der Waals surface area contributed by atoms with Crippen LogP contribution in [0.2, 0.25) is 0 Å². The van der Waals surface area contributed by atoms with Gasteiger partial charge in [0.15, 0.2) is 6.23 Å². The Morgan fingerprint density at radius 1 is 1.35 bits per heavy atom. The van der Waals surface area contributed by atoms with Crippen molar-refractivity contribution < 1.29 is 9.47 Å². The third-order valence-electron chi connectivity index (χ3n) is 3.62. The van der Waals surface area contributed by atoms with Crippen LogP contribution in [0.15, 0.2) is 30.5 Å². The molecule has 0 aliphatic carbocycles. The van der Waals surface area contributed by atoms with Gasteiger partial charge in [0.05, 0.1) is 18.5 Å². The van der Waals surface area contributed by atoms with E-state index >= 15 is 0 Å². The second-order valence-corrected chi connectivity index (χ2v) is 4.94. The van der Waals surface area contributed by atoms with Gasteiger partial charge in [0, 0.05) is 18.4 Å². The number of hydrogen-bond acceptors (Lipinski definition) is 4. The summed E-state index contributed by atoms with van der Waals surface area (Å²) in [5.74, 6) is 0.689. The van der Waals surface area contributed by atoms with Gasteiger partial charge in [-0.3, -0.25) is 0 Å². The Morgan fingerprint density at radius 2 is 2.25 bits per heavy atom. The smallest absolute Gasteiger partial charge is 0.150 e. The van der Waals surface area contributed by atoms with Gasteiger partial charge in [-0.2, -0.15) is 5.10 Å². The zero-order valence-electron chi connectivity index (χ0n) is 11.6. The van der Waals surface area contributed by atoms with Gasteiger partial charge in [-0.15, -0.1) is 0 Å². The molecule has 0 amide bonds. The third-order valence-corrected chi connectivity index (χ3v) is 3.62. The summed E-state index contributed by atoms with van der Waals surface area (Å²) in [6, 6.07) is 7.77. The molecule has 106 valence electrons. The molecular weight excluding hydrogens is 254 g/mol. The number of nitrogen functional groups attached to an aromatic ring is 1. The predicted molar refractivity (Wildman–Crippen MR) is 77.5 cm³/mol. The third kappa shape index (κ3) is 2.36. The van der Waals surface area contributed by atoms with E-state index in [1.54, 1.807) is 13.3 Å². The molecule has 3 rings (SSSR count). The molecule has 1 aliphatic rings. The summed E-state index contributed by atoms with van der Waals surface area (Å²) in [7, 11) is 1.62. The number of ether oxygens (including phenoxy) is 2. The maximum absolute atomic E-state index is 5.98. The van der Waals surface area contributed by atoms with Crippen LogP contribution in [0, 0.1) is 0 Å². The summed E-state index contributed by atoms with van der Waals surface area (Å²) in [5.41, 5.74) is 8.65. The molecule has 0 radical (unpaired) electrons. The van der Waals surface area contributed by atoms with Crippen molar-refractivity contribution in [3.8, 4) is 17.0 Å². The Morgan fingerprint density at radius 3 is 2.95 bits per heavy atom. The molecule has 1 aromatic carbocycles. The quantitative estimate of drug-likeness (QED) is 0.873. The SMILES string of the molecule is COc1ccc(-c2ccnn2C2CCCCO2)cc1N. The molecule has 0 spiro atoms. The van der Waals surface area contributed by atoms with Crippen LogP contribution < -0.4 is 10.5 Å². The van der Waals surface area contributed by atoms with Crippen molar-refractivity contribution in [1.29, 1.82) is 0 Å². The van der Waals surface area contributed by atoms with Crippen molar-refractivity contribution in [2.75, 3.05) is 19.5 Å². The number of nitrogens with two attached hydrogens (primary N) is 1. The fraction of sp³-hybridized carbons (Fsp3) is 0.400. The number of anilines is 1. The van der Waals surface area contributed by atoms with Gasteiger partial charge in [-0.1, -0.05) is 0 Å². The van der Waals surface area contributed by atoms with Crippen LogP contribution in [0.5, 0.6) is 5.75 Å². The van der Waals surface area contributed by atoms with E-state index in [0.29, 0.717) is 11.4 Å². The summed E-state index contributed by atoms with van der Waals surface area (Å²) < 4.78 is 12.9. The van der Waals surface area contributed by atoms with Crippen molar-refractivity contribution in [3.63, 3.8) is 0 Å². The number of nitrogens with zero attached hydrogens (tertiary/aromatic N) is 2. The zero-order chi connectivity index (χ0) is 13.9. The Labute approximate surface area is 118 Å². The molecule has 0 saturated carbocycles. The van der Waals surface area contributed by atoms with Crippen LogP contribution in [0.1, 0.15) is 25.5 Å². The van der Waals surface area contributed by atoms with E-state index in [9.17, 15) is 0 Å².